The van der Waals surface area contributed by atoms with Gasteiger partial charge in [-0.15, -0.1) is 0 Å². The highest BCUT2D eigenvalue weighted by Gasteiger charge is 2.23. The SMILES string of the molecule is CN1C(=O)CCc2cccc(-c3cncc(CN)c3)c21. The number of hydrogen-bond acceptors (Lipinski definition) is 3. The standard InChI is InChI=1S/C16H17N3O/c1-19-15(20)6-5-12-3-2-4-14(16(12)19)13-7-11(8-17)9-18-10-13/h2-4,7,9-10H,5-6,8,17H2,1H3. The zero-order valence-corrected chi connectivity index (χ0v) is 11.5. The summed E-state index contributed by atoms with van der Waals surface area (Å²) in [6, 6.07) is 8.19. The van der Waals surface area contributed by atoms with Crippen LogP contribution in [0, 0.1) is 0 Å². The second-order valence-electron chi connectivity index (χ2n) is 5.05. The monoisotopic (exact) mass is 267 g/mol. The van der Waals surface area contributed by atoms with Crippen molar-refractivity contribution in [3.05, 3.63) is 47.8 Å². The van der Waals surface area contributed by atoms with E-state index in [0.717, 1.165) is 28.8 Å². The summed E-state index contributed by atoms with van der Waals surface area (Å²) in [5, 5.41) is 0. The van der Waals surface area contributed by atoms with Gasteiger partial charge in [-0.3, -0.25) is 9.78 Å². The number of hydrogen-bond donors (Lipinski definition) is 1. The van der Waals surface area contributed by atoms with Crippen LogP contribution in [-0.2, 0) is 17.8 Å². The molecule has 0 radical (unpaired) electrons. The fraction of sp³-hybridized carbons (Fsp3) is 0.250. The van der Waals surface area contributed by atoms with E-state index < -0.39 is 0 Å². The molecule has 0 spiro atoms. The molecular weight excluding hydrogens is 250 g/mol. The predicted octanol–water partition coefficient (Wildman–Crippen LogP) is 2.12. The molecule has 2 aromatic rings. The quantitative estimate of drug-likeness (QED) is 0.906. The summed E-state index contributed by atoms with van der Waals surface area (Å²) >= 11 is 0. The van der Waals surface area contributed by atoms with E-state index in [1.54, 1.807) is 11.1 Å². The Bertz CT molecular complexity index is 667. The maximum atomic E-state index is 12.0. The summed E-state index contributed by atoms with van der Waals surface area (Å²) < 4.78 is 0. The molecule has 2 N–H and O–H groups in total. The molecule has 2 heterocycles. The number of anilines is 1. The van der Waals surface area contributed by atoms with E-state index in [1.807, 2.05) is 31.4 Å². The van der Waals surface area contributed by atoms with Crippen molar-refractivity contribution in [2.24, 2.45) is 5.73 Å². The molecule has 1 aliphatic rings. The van der Waals surface area contributed by atoms with Crippen LogP contribution in [0.2, 0.25) is 0 Å². The predicted molar refractivity (Wildman–Crippen MR) is 79.3 cm³/mol. The van der Waals surface area contributed by atoms with Crippen molar-refractivity contribution in [1.82, 2.24) is 4.98 Å². The molecule has 1 aromatic carbocycles. The summed E-state index contributed by atoms with van der Waals surface area (Å²) in [4.78, 5) is 17.9. The third kappa shape index (κ3) is 2.08. The largest absolute Gasteiger partial charge is 0.326 e. The minimum Gasteiger partial charge on any atom is -0.326 e. The van der Waals surface area contributed by atoms with E-state index in [4.69, 9.17) is 5.73 Å². The molecule has 4 nitrogen and oxygen atoms in total. The highest BCUT2D eigenvalue weighted by Crippen LogP contribution is 2.36. The topological polar surface area (TPSA) is 59.2 Å². The number of aromatic nitrogens is 1. The molecule has 0 aliphatic carbocycles. The summed E-state index contributed by atoms with van der Waals surface area (Å²) in [5.74, 6) is 0.160. The number of aryl methyl sites for hydroxylation is 1. The van der Waals surface area contributed by atoms with Gasteiger partial charge in [0.2, 0.25) is 5.91 Å². The van der Waals surface area contributed by atoms with E-state index in [2.05, 4.69) is 11.1 Å². The molecule has 4 heteroatoms. The minimum absolute atomic E-state index is 0.160. The highest BCUT2D eigenvalue weighted by molar-refractivity contribution is 6.00. The molecule has 0 saturated heterocycles. The minimum atomic E-state index is 0.160. The number of fused-ring (bicyclic) bond motifs is 1. The Balaban J connectivity index is 2.17. The van der Waals surface area contributed by atoms with Gasteiger partial charge < -0.3 is 10.6 Å². The smallest absolute Gasteiger partial charge is 0.227 e. The van der Waals surface area contributed by atoms with Gasteiger partial charge in [0.15, 0.2) is 0 Å². The number of nitrogens with zero attached hydrogens (tertiary/aromatic N) is 2. The molecule has 0 saturated carbocycles. The van der Waals surface area contributed by atoms with Gasteiger partial charge in [0.05, 0.1) is 5.69 Å². The van der Waals surface area contributed by atoms with Crippen molar-refractivity contribution >= 4 is 11.6 Å². The molecule has 0 unspecified atom stereocenters. The van der Waals surface area contributed by atoms with Crippen LogP contribution < -0.4 is 10.6 Å². The lowest BCUT2D eigenvalue weighted by molar-refractivity contribution is -0.118. The summed E-state index contributed by atoms with van der Waals surface area (Å²) in [6.45, 7) is 0.463. The number of carbonyl (C=O) groups is 1. The van der Waals surface area contributed by atoms with Crippen molar-refractivity contribution in [2.45, 2.75) is 19.4 Å². The van der Waals surface area contributed by atoms with Crippen molar-refractivity contribution in [3.8, 4) is 11.1 Å². The number of para-hydroxylation sites is 1. The van der Waals surface area contributed by atoms with Gasteiger partial charge in [-0.1, -0.05) is 18.2 Å². The number of amides is 1. The zero-order valence-electron chi connectivity index (χ0n) is 11.5. The maximum Gasteiger partial charge on any atom is 0.227 e. The van der Waals surface area contributed by atoms with Gasteiger partial charge in [-0.05, 0) is 23.6 Å². The van der Waals surface area contributed by atoms with Crippen LogP contribution >= 0.6 is 0 Å². The zero-order chi connectivity index (χ0) is 14.1. The Morgan fingerprint density at radius 3 is 2.95 bits per heavy atom. The molecule has 102 valence electrons. The molecule has 3 rings (SSSR count). The Hall–Kier alpha value is -2.20. The van der Waals surface area contributed by atoms with Crippen LogP contribution in [0.5, 0.6) is 0 Å². The van der Waals surface area contributed by atoms with Crippen LogP contribution in [0.25, 0.3) is 11.1 Å². The van der Waals surface area contributed by atoms with E-state index in [-0.39, 0.29) is 5.91 Å². The number of carbonyl (C=O) groups excluding carboxylic acids is 1. The van der Waals surface area contributed by atoms with Gasteiger partial charge in [0, 0.05) is 43.5 Å². The van der Waals surface area contributed by atoms with Crippen LogP contribution in [0.4, 0.5) is 5.69 Å². The van der Waals surface area contributed by atoms with Gasteiger partial charge in [0.25, 0.3) is 0 Å². The van der Waals surface area contributed by atoms with E-state index in [0.29, 0.717) is 13.0 Å². The van der Waals surface area contributed by atoms with Crippen molar-refractivity contribution in [2.75, 3.05) is 11.9 Å². The fourth-order valence-electron chi connectivity index (χ4n) is 2.70. The highest BCUT2D eigenvalue weighted by atomic mass is 16.2. The van der Waals surface area contributed by atoms with E-state index in [1.165, 1.54) is 5.56 Å². The lowest BCUT2D eigenvalue weighted by Gasteiger charge is -2.28. The van der Waals surface area contributed by atoms with Gasteiger partial charge >= 0.3 is 0 Å². The van der Waals surface area contributed by atoms with Gasteiger partial charge in [-0.2, -0.15) is 0 Å². The third-order valence-corrected chi connectivity index (χ3v) is 3.78. The van der Waals surface area contributed by atoms with E-state index >= 15 is 0 Å². The molecule has 1 amide bonds. The number of rotatable bonds is 2. The Labute approximate surface area is 118 Å². The lowest BCUT2D eigenvalue weighted by Crippen LogP contribution is -2.31. The summed E-state index contributed by atoms with van der Waals surface area (Å²) in [5.41, 5.74) is 10.9. The molecule has 0 atom stereocenters. The summed E-state index contributed by atoms with van der Waals surface area (Å²) in [7, 11) is 1.84. The van der Waals surface area contributed by atoms with E-state index in [9.17, 15) is 4.79 Å². The molecule has 20 heavy (non-hydrogen) atoms. The normalized spacial score (nSPS) is 14.3. The molecule has 1 aliphatic heterocycles. The van der Waals surface area contributed by atoms with Crippen molar-refractivity contribution < 1.29 is 4.79 Å². The first-order valence-electron chi connectivity index (χ1n) is 6.73. The Kier molecular flexibility index (Phi) is 3.24. The second kappa shape index (κ2) is 5.06. The van der Waals surface area contributed by atoms with Gasteiger partial charge in [0.1, 0.15) is 0 Å². The van der Waals surface area contributed by atoms with Crippen LogP contribution in [0.1, 0.15) is 17.5 Å². The van der Waals surface area contributed by atoms with Crippen LogP contribution in [-0.4, -0.2) is 17.9 Å². The van der Waals surface area contributed by atoms with Crippen LogP contribution in [0.15, 0.2) is 36.7 Å². The Morgan fingerprint density at radius 1 is 1.30 bits per heavy atom. The molecular formula is C16H17N3O. The first kappa shape index (κ1) is 12.8. The fourth-order valence-corrected chi connectivity index (χ4v) is 2.70. The summed E-state index contributed by atoms with van der Waals surface area (Å²) in [6.07, 6.45) is 4.97. The maximum absolute atomic E-state index is 12.0. The number of nitrogens with two attached hydrogens (primary N) is 1. The number of pyridine rings is 1. The molecule has 0 bridgehead atoms. The lowest BCUT2D eigenvalue weighted by atomic mass is 9.94. The van der Waals surface area contributed by atoms with Crippen molar-refractivity contribution in [3.63, 3.8) is 0 Å². The molecule has 1 aromatic heterocycles. The van der Waals surface area contributed by atoms with Crippen LogP contribution in [0.3, 0.4) is 0 Å². The third-order valence-electron chi connectivity index (χ3n) is 3.78. The second-order valence-corrected chi connectivity index (χ2v) is 5.05. The van der Waals surface area contributed by atoms with Crippen molar-refractivity contribution in [1.29, 1.82) is 0 Å². The number of benzene rings is 1. The average molecular weight is 267 g/mol. The first-order chi connectivity index (χ1) is 9.70. The Morgan fingerprint density at radius 2 is 2.15 bits per heavy atom. The average Bonchev–Trinajstić information content (AvgIpc) is 2.50. The van der Waals surface area contributed by atoms with Gasteiger partial charge in [-0.25, -0.2) is 0 Å². The molecule has 0 fully saturated rings. The first-order valence-corrected chi connectivity index (χ1v) is 6.73.